The Morgan fingerprint density at radius 1 is 1.38 bits per heavy atom. The maximum atomic E-state index is 11.7. The lowest BCUT2D eigenvalue weighted by Gasteiger charge is -1.94. The van der Waals surface area contributed by atoms with Gasteiger partial charge in [0.2, 0.25) is 0 Å². The smallest absolute Gasteiger partial charge is 0.257 e. The van der Waals surface area contributed by atoms with Gasteiger partial charge in [-0.05, 0) is 18.2 Å². The predicted molar refractivity (Wildman–Crippen MR) is 59.3 cm³/mol. The zero-order valence-electron chi connectivity index (χ0n) is 8.27. The van der Waals surface area contributed by atoms with E-state index in [0.717, 1.165) is 11.3 Å². The highest BCUT2D eigenvalue weighted by molar-refractivity contribution is 6.34. The van der Waals surface area contributed by atoms with E-state index < -0.39 is 0 Å². The van der Waals surface area contributed by atoms with E-state index in [0.29, 0.717) is 11.4 Å². The second-order valence-electron chi connectivity index (χ2n) is 3.42. The van der Waals surface area contributed by atoms with E-state index in [4.69, 9.17) is 0 Å². The molecule has 0 spiro atoms. The summed E-state index contributed by atoms with van der Waals surface area (Å²) in [7, 11) is 0. The number of fused-ring (bicyclic) bond motifs is 1. The number of rotatable bonds is 1. The minimum atomic E-state index is -0.136. The average molecular weight is 212 g/mol. The van der Waals surface area contributed by atoms with Crippen LogP contribution in [0.4, 0.5) is 5.82 Å². The summed E-state index contributed by atoms with van der Waals surface area (Å²) in [5.74, 6) is 0.474. The van der Waals surface area contributed by atoms with Crippen LogP contribution in [0.5, 0.6) is 0 Å². The quantitative estimate of drug-likeness (QED) is 0.700. The third kappa shape index (κ3) is 1.30. The summed E-state index contributed by atoms with van der Waals surface area (Å²) in [5, 5.41) is 2.71. The van der Waals surface area contributed by atoms with E-state index >= 15 is 0 Å². The van der Waals surface area contributed by atoms with Gasteiger partial charge in [0.25, 0.3) is 5.91 Å². The average Bonchev–Trinajstić information content (AvgIpc) is 2.89. The minimum absolute atomic E-state index is 0.136. The third-order valence-electron chi connectivity index (χ3n) is 2.39. The molecule has 0 aliphatic carbocycles. The molecule has 2 aromatic rings. The van der Waals surface area contributed by atoms with Crippen LogP contribution < -0.4 is 5.32 Å². The summed E-state index contributed by atoms with van der Waals surface area (Å²) in [6, 6.07) is 3.67. The molecule has 2 aromatic heterocycles. The first-order chi connectivity index (χ1) is 7.84. The Morgan fingerprint density at radius 2 is 2.31 bits per heavy atom. The molecule has 5 nitrogen and oxygen atoms in total. The molecule has 2 N–H and O–H groups in total. The number of imidazole rings is 1. The van der Waals surface area contributed by atoms with Gasteiger partial charge in [0.15, 0.2) is 0 Å². The first-order valence-corrected chi connectivity index (χ1v) is 4.81. The maximum absolute atomic E-state index is 11.7. The van der Waals surface area contributed by atoms with Crippen LogP contribution in [-0.2, 0) is 4.79 Å². The SMILES string of the molecule is O=C1Nc2ncccc2/C1=C\c1cnc[nH]1. The molecule has 5 heteroatoms. The van der Waals surface area contributed by atoms with Gasteiger partial charge >= 0.3 is 0 Å². The third-order valence-corrected chi connectivity index (χ3v) is 2.39. The number of nitrogens with zero attached hydrogens (tertiary/aromatic N) is 2. The molecule has 16 heavy (non-hydrogen) atoms. The van der Waals surface area contributed by atoms with Gasteiger partial charge in [0.05, 0.1) is 23.8 Å². The van der Waals surface area contributed by atoms with Gasteiger partial charge in [0.1, 0.15) is 5.82 Å². The van der Waals surface area contributed by atoms with Crippen LogP contribution in [0.1, 0.15) is 11.3 Å². The van der Waals surface area contributed by atoms with E-state index in [2.05, 4.69) is 20.3 Å². The Hall–Kier alpha value is -2.43. The fourth-order valence-corrected chi connectivity index (χ4v) is 1.66. The molecule has 0 fully saturated rings. The van der Waals surface area contributed by atoms with Crippen molar-refractivity contribution in [1.82, 2.24) is 15.0 Å². The van der Waals surface area contributed by atoms with Gasteiger partial charge in [0, 0.05) is 11.8 Å². The van der Waals surface area contributed by atoms with Crippen LogP contribution in [0.3, 0.4) is 0 Å². The number of carbonyl (C=O) groups excluding carboxylic acids is 1. The van der Waals surface area contributed by atoms with Crippen molar-refractivity contribution in [3.8, 4) is 0 Å². The highest BCUT2D eigenvalue weighted by Gasteiger charge is 2.24. The van der Waals surface area contributed by atoms with Crippen LogP contribution in [0.2, 0.25) is 0 Å². The molecule has 0 saturated heterocycles. The van der Waals surface area contributed by atoms with E-state index in [1.54, 1.807) is 30.9 Å². The Bertz CT molecular complexity index is 571. The zero-order valence-corrected chi connectivity index (χ0v) is 8.27. The summed E-state index contributed by atoms with van der Waals surface area (Å²) in [6.07, 6.45) is 6.64. The molecule has 1 aliphatic heterocycles. The molecule has 0 atom stereocenters. The highest BCUT2D eigenvalue weighted by Crippen LogP contribution is 2.30. The van der Waals surface area contributed by atoms with Crippen LogP contribution >= 0.6 is 0 Å². The fraction of sp³-hybridized carbons (Fsp3) is 0. The first-order valence-electron chi connectivity index (χ1n) is 4.81. The molecule has 0 radical (unpaired) electrons. The number of nitrogens with one attached hydrogen (secondary N) is 2. The Morgan fingerprint density at radius 3 is 3.12 bits per heavy atom. The normalized spacial score (nSPS) is 16.2. The number of amides is 1. The Kier molecular flexibility index (Phi) is 1.83. The van der Waals surface area contributed by atoms with Crippen molar-refractivity contribution in [2.24, 2.45) is 0 Å². The maximum Gasteiger partial charge on any atom is 0.257 e. The van der Waals surface area contributed by atoms with Gasteiger partial charge in [-0.2, -0.15) is 0 Å². The summed E-state index contributed by atoms with van der Waals surface area (Å²) < 4.78 is 0. The lowest BCUT2D eigenvalue weighted by atomic mass is 10.1. The van der Waals surface area contributed by atoms with Crippen molar-refractivity contribution in [2.45, 2.75) is 0 Å². The molecule has 78 valence electrons. The number of anilines is 1. The van der Waals surface area contributed by atoms with Crippen LogP contribution in [0, 0.1) is 0 Å². The van der Waals surface area contributed by atoms with Crippen LogP contribution in [0.15, 0.2) is 30.9 Å². The van der Waals surface area contributed by atoms with Gasteiger partial charge in [-0.25, -0.2) is 9.97 Å². The summed E-state index contributed by atoms with van der Waals surface area (Å²) in [5.41, 5.74) is 2.22. The molecule has 1 aliphatic rings. The number of pyridine rings is 1. The van der Waals surface area contributed by atoms with Crippen molar-refractivity contribution in [3.63, 3.8) is 0 Å². The number of aromatic nitrogens is 3. The molecule has 3 heterocycles. The number of hydrogen-bond acceptors (Lipinski definition) is 3. The zero-order chi connectivity index (χ0) is 11.0. The second kappa shape index (κ2) is 3.30. The Labute approximate surface area is 91.2 Å². The van der Waals surface area contributed by atoms with Crippen molar-refractivity contribution in [2.75, 3.05) is 5.32 Å². The summed E-state index contributed by atoms with van der Waals surface area (Å²) >= 11 is 0. The van der Waals surface area contributed by atoms with Crippen molar-refractivity contribution in [1.29, 1.82) is 0 Å². The molecule has 1 amide bonds. The molecule has 0 bridgehead atoms. The topological polar surface area (TPSA) is 70.7 Å². The van der Waals surface area contributed by atoms with Gasteiger partial charge in [-0.3, -0.25) is 4.79 Å². The molecule has 3 rings (SSSR count). The van der Waals surface area contributed by atoms with Gasteiger partial charge in [-0.1, -0.05) is 0 Å². The predicted octanol–water partition coefficient (Wildman–Crippen LogP) is 1.30. The monoisotopic (exact) mass is 212 g/mol. The van der Waals surface area contributed by atoms with Gasteiger partial charge in [-0.15, -0.1) is 0 Å². The summed E-state index contributed by atoms with van der Waals surface area (Å²) in [6.45, 7) is 0. The second-order valence-corrected chi connectivity index (χ2v) is 3.42. The first kappa shape index (κ1) is 8.84. The lowest BCUT2D eigenvalue weighted by Crippen LogP contribution is -2.04. The lowest BCUT2D eigenvalue weighted by molar-refractivity contribution is -0.110. The van der Waals surface area contributed by atoms with E-state index in [-0.39, 0.29) is 5.91 Å². The number of carbonyl (C=O) groups is 1. The molecule has 0 aromatic carbocycles. The fourth-order valence-electron chi connectivity index (χ4n) is 1.66. The van der Waals surface area contributed by atoms with Crippen LogP contribution in [-0.4, -0.2) is 20.9 Å². The van der Waals surface area contributed by atoms with Crippen LogP contribution in [0.25, 0.3) is 11.6 Å². The van der Waals surface area contributed by atoms with Gasteiger partial charge < -0.3 is 10.3 Å². The molecular weight excluding hydrogens is 204 g/mol. The molecule has 0 unspecified atom stereocenters. The number of aromatic amines is 1. The van der Waals surface area contributed by atoms with Crippen molar-refractivity contribution < 1.29 is 4.79 Å². The number of H-pyrrole nitrogens is 1. The summed E-state index contributed by atoms with van der Waals surface area (Å²) in [4.78, 5) is 22.6. The van der Waals surface area contributed by atoms with E-state index in [9.17, 15) is 4.79 Å². The van der Waals surface area contributed by atoms with Crippen molar-refractivity contribution >= 4 is 23.4 Å². The molecular formula is C11H8N4O. The number of hydrogen-bond donors (Lipinski definition) is 2. The van der Waals surface area contributed by atoms with E-state index in [1.165, 1.54) is 0 Å². The highest BCUT2D eigenvalue weighted by atomic mass is 16.2. The largest absolute Gasteiger partial charge is 0.345 e. The van der Waals surface area contributed by atoms with Crippen molar-refractivity contribution in [3.05, 3.63) is 42.1 Å². The molecule has 0 saturated carbocycles. The standard InChI is InChI=1S/C11H8N4O/c16-11-9(4-7-5-12-6-14-7)8-2-1-3-13-10(8)15-11/h1-6H,(H,12,14)(H,13,15,16)/b9-4+. The Balaban J connectivity index is 2.12. The van der Waals surface area contributed by atoms with E-state index in [1.807, 2.05) is 6.07 Å². The minimum Gasteiger partial charge on any atom is -0.345 e.